The van der Waals surface area contributed by atoms with Crippen molar-refractivity contribution in [3.05, 3.63) is 59.1 Å². The Balaban J connectivity index is 1.45. The molecule has 0 aliphatic carbocycles. The van der Waals surface area contributed by atoms with Gasteiger partial charge in [0.2, 0.25) is 0 Å². The van der Waals surface area contributed by atoms with Crippen LogP contribution in [0, 0.1) is 0 Å². The van der Waals surface area contributed by atoms with Crippen LogP contribution in [0.15, 0.2) is 53.7 Å². The van der Waals surface area contributed by atoms with E-state index in [-0.39, 0.29) is 12.0 Å². The van der Waals surface area contributed by atoms with Crippen LogP contribution >= 0.6 is 11.6 Å². The second-order valence-corrected chi connectivity index (χ2v) is 7.72. The molecule has 2 aromatic rings. The van der Waals surface area contributed by atoms with Gasteiger partial charge in [-0.25, -0.2) is 0 Å². The maximum absolute atomic E-state index is 12.8. The molecular weight excluding hydrogens is 388 g/mol. The minimum Gasteiger partial charge on any atom is -0.387 e. The van der Waals surface area contributed by atoms with E-state index in [1.165, 1.54) is 0 Å². The van der Waals surface area contributed by atoms with Crippen LogP contribution < -0.4 is 10.2 Å². The fourth-order valence-electron chi connectivity index (χ4n) is 3.74. The zero-order valence-corrected chi connectivity index (χ0v) is 17.2. The van der Waals surface area contributed by atoms with Crippen LogP contribution in [-0.2, 0) is 9.63 Å². The molecule has 1 amide bonds. The number of hydrogen-bond acceptors (Lipinski definition) is 5. The van der Waals surface area contributed by atoms with Gasteiger partial charge in [-0.3, -0.25) is 4.79 Å². The van der Waals surface area contributed by atoms with E-state index in [9.17, 15) is 4.79 Å². The maximum atomic E-state index is 12.8. The molecule has 2 aliphatic rings. The minimum absolute atomic E-state index is 0.224. The van der Waals surface area contributed by atoms with Gasteiger partial charge in [0.1, 0.15) is 5.71 Å². The predicted molar refractivity (Wildman–Crippen MR) is 117 cm³/mol. The van der Waals surface area contributed by atoms with Gasteiger partial charge in [-0.15, -0.1) is 0 Å². The van der Waals surface area contributed by atoms with Crippen LogP contribution in [0.2, 0.25) is 5.02 Å². The first-order chi connectivity index (χ1) is 14.1. The molecule has 2 heterocycles. The first kappa shape index (κ1) is 19.7. The van der Waals surface area contributed by atoms with Crippen LogP contribution in [0.1, 0.15) is 25.0 Å². The number of carbonyl (C=O) groups is 1. The van der Waals surface area contributed by atoms with Crippen molar-refractivity contribution in [2.24, 2.45) is 5.16 Å². The molecule has 1 N–H and O–H groups in total. The summed E-state index contributed by atoms with van der Waals surface area (Å²) in [6.45, 7) is 7.08. The lowest BCUT2D eigenvalue weighted by Crippen LogP contribution is -2.46. The lowest BCUT2D eigenvalue weighted by atomic mass is 10.0. The minimum atomic E-state index is -0.251. The molecule has 0 spiro atoms. The number of nitrogens with zero attached hydrogens (tertiary/aromatic N) is 3. The Bertz CT molecular complexity index is 895. The summed E-state index contributed by atoms with van der Waals surface area (Å²) in [4.78, 5) is 23.0. The molecule has 152 valence electrons. The number of oxime groups is 1. The molecule has 1 unspecified atom stereocenters. The van der Waals surface area contributed by atoms with Gasteiger partial charge < -0.3 is 20.0 Å². The number of nitrogens with one attached hydrogen (secondary N) is 1. The molecule has 1 fully saturated rings. The number of piperazine rings is 1. The molecule has 2 aromatic carbocycles. The van der Waals surface area contributed by atoms with E-state index in [1.54, 1.807) is 6.07 Å². The van der Waals surface area contributed by atoms with E-state index >= 15 is 0 Å². The van der Waals surface area contributed by atoms with Gasteiger partial charge in [0.25, 0.3) is 5.91 Å². The Labute approximate surface area is 176 Å². The molecule has 0 radical (unpaired) electrons. The monoisotopic (exact) mass is 412 g/mol. The average molecular weight is 413 g/mol. The van der Waals surface area contributed by atoms with Gasteiger partial charge in [-0.2, -0.15) is 0 Å². The Morgan fingerprint density at radius 3 is 2.66 bits per heavy atom. The molecule has 29 heavy (non-hydrogen) atoms. The Kier molecular flexibility index (Phi) is 6.02. The van der Waals surface area contributed by atoms with Crippen LogP contribution in [0.25, 0.3) is 0 Å². The summed E-state index contributed by atoms with van der Waals surface area (Å²) in [6.07, 6.45) is 0.221. The molecule has 1 atom stereocenters. The second kappa shape index (κ2) is 8.84. The van der Waals surface area contributed by atoms with E-state index in [2.05, 4.69) is 27.2 Å². The highest BCUT2D eigenvalue weighted by Gasteiger charge is 2.28. The summed E-state index contributed by atoms with van der Waals surface area (Å²) in [5.74, 6) is -0.251. The van der Waals surface area contributed by atoms with Gasteiger partial charge in [0.05, 0.1) is 11.4 Å². The summed E-state index contributed by atoms with van der Waals surface area (Å²) >= 11 is 6.21. The third-order valence-corrected chi connectivity index (χ3v) is 5.70. The molecule has 6 nitrogen and oxygen atoms in total. The standard InChI is InChI=1S/C22H25ClN4O2/c1-2-26-10-12-27(13-11-26)20-9-8-17(23)14-18(20)24-22(28)19-15-21(29-25-19)16-6-4-3-5-7-16/h3-9,14,21H,2,10-13,15H2,1H3,(H,24,28). The van der Waals surface area contributed by atoms with E-state index in [1.807, 2.05) is 42.5 Å². The molecular formula is C22H25ClN4O2. The van der Waals surface area contributed by atoms with Crippen molar-refractivity contribution in [2.75, 3.05) is 42.9 Å². The fourth-order valence-corrected chi connectivity index (χ4v) is 3.91. The Morgan fingerprint density at radius 1 is 1.17 bits per heavy atom. The molecule has 0 aromatic heterocycles. The first-order valence-electron chi connectivity index (χ1n) is 10.00. The summed E-state index contributed by atoms with van der Waals surface area (Å²) < 4.78 is 0. The van der Waals surface area contributed by atoms with Crippen molar-refractivity contribution in [3.63, 3.8) is 0 Å². The van der Waals surface area contributed by atoms with Gasteiger partial charge in [0, 0.05) is 37.6 Å². The normalized spacial score (nSPS) is 19.6. The molecule has 7 heteroatoms. The van der Waals surface area contributed by atoms with Gasteiger partial charge in [0.15, 0.2) is 6.10 Å². The zero-order valence-electron chi connectivity index (χ0n) is 16.5. The summed E-state index contributed by atoms with van der Waals surface area (Å²) in [7, 11) is 0. The number of carbonyl (C=O) groups excluding carboxylic acids is 1. The van der Waals surface area contributed by atoms with E-state index in [0.29, 0.717) is 22.8 Å². The number of hydrogen-bond donors (Lipinski definition) is 1. The van der Waals surface area contributed by atoms with E-state index in [4.69, 9.17) is 16.4 Å². The number of benzene rings is 2. The third-order valence-electron chi connectivity index (χ3n) is 5.47. The molecule has 0 bridgehead atoms. The smallest absolute Gasteiger partial charge is 0.273 e. The topological polar surface area (TPSA) is 57.2 Å². The summed E-state index contributed by atoms with van der Waals surface area (Å²) in [6, 6.07) is 15.4. The number of anilines is 2. The predicted octanol–water partition coefficient (Wildman–Crippen LogP) is 3.94. The molecule has 4 rings (SSSR count). The second-order valence-electron chi connectivity index (χ2n) is 7.28. The third kappa shape index (κ3) is 4.54. The quantitative estimate of drug-likeness (QED) is 0.808. The molecule has 1 saturated heterocycles. The average Bonchev–Trinajstić information content (AvgIpc) is 3.25. The maximum Gasteiger partial charge on any atom is 0.273 e. The van der Waals surface area contributed by atoms with Crippen molar-refractivity contribution in [2.45, 2.75) is 19.4 Å². The van der Waals surface area contributed by atoms with Crippen LogP contribution in [0.5, 0.6) is 0 Å². The number of likely N-dealkylation sites (N-methyl/N-ethyl adjacent to an activating group) is 1. The largest absolute Gasteiger partial charge is 0.387 e. The number of rotatable bonds is 5. The lowest BCUT2D eigenvalue weighted by Gasteiger charge is -2.36. The Hall–Kier alpha value is -2.57. The highest BCUT2D eigenvalue weighted by molar-refractivity contribution is 6.43. The number of amides is 1. The SMILES string of the molecule is CCN1CCN(c2ccc(Cl)cc2NC(=O)C2=NOC(c3ccccc3)C2)CC1. The zero-order chi connectivity index (χ0) is 20.2. The molecule has 2 aliphatic heterocycles. The summed E-state index contributed by atoms with van der Waals surface area (Å²) in [5, 5.41) is 7.61. The van der Waals surface area contributed by atoms with Gasteiger partial charge in [-0.1, -0.05) is 54.0 Å². The van der Waals surface area contributed by atoms with Gasteiger partial charge >= 0.3 is 0 Å². The van der Waals surface area contributed by atoms with E-state index in [0.717, 1.165) is 44.0 Å². The molecule has 0 saturated carbocycles. The van der Waals surface area contributed by atoms with Gasteiger partial charge in [-0.05, 0) is 30.3 Å². The van der Waals surface area contributed by atoms with Crippen molar-refractivity contribution < 1.29 is 9.63 Å². The van der Waals surface area contributed by atoms with Crippen LogP contribution in [0.3, 0.4) is 0 Å². The fraction of sp³-hybridized carbons (Fsp3) is 0.364. The van der Waals surface area contributed by atoms with Crippen molar-refractivity contribution >= 4 is 34.6 Å². The highest BCUT2D eigenvalue weighted by atomic mass is 35.5. The Morgan fingerprint density at radius 2 is 1.93 bits per heavy atom. The number of halogens is 1. The first-order valence-corrected chi connectivity index (χ1v) is 10.4. The van der Waals surface area contributed by atoms with Crippen molar-refractivity contribution in [1.82, 2.24) is 4.90 Å². The lowest BCUT2D eigenvalue weighted by molar-refractivity contribution is -0.110. The highest BCUT2D eigenvalue weighted by Crippen LogP contribution is 2.31. The van der Waals surface area contributed by atoms with Crippen molar-refractivity contribution in [1.29, 1.82) is 0 Å². The van der Waals surface area contributed by atoms with E-state index < -0.39 is 0 Å². The van der Waals surface area contributed by atoms with Crippen molar-refractivity contribution in [3.8, 4) is 0 Å². The van der Waals surface area contributed by atoms with Crippen LogP contribution in [-0.4, -0.2) is 49.2 Å². The summed E-state index contributed by atoms with van der Waals surface area (Å²) in [5.41, 5.74) is 3.09. The van der Waals surface area contributed by atoms with Crippen LogP contribution in [0.4, 0.5) is 11.4 Å².